The summed E-state index contributed by atoms with van der Waals surface area (Å²) in [6, 6.07) is 5.90. The minimum absolute atomic E-state index is 0.515. The molecule has 0 spiro atoms. The van der Waals surface area contributed by atoms with Gasteiger partial charge in [0, 0.05) is 19.3 Å². The van der Waals surface area contributed by atoms with E-state index in [2.05, 4.69) is 39.7 Å². The van der Waals surface area contributed by atoms with Crippen LogP contribution in [0.2, 0.25) is 0 Å². The van der Waals surface area contributed by atoms with E-state index >= 15 is 0 Å². The molecule has 1 fully saturated rings. The van der Waals surface area contributed by atoms with Gasteiger partial charge in [-0.1, -0.05) is 32.3 Å². The largest absolute Gasteiger partial charge is 0.357 e. The van der Waals surface area contributed by atoms with Crippen molar-refractivity contribution >= 4 is 11.6 Å². The molecule has 1 saturated carbocycles. The second kappa shape index (κ2) is 8.13. The monoisotopic (exact) mass is 328 g/mol. The van der Waals surface area contributed by atoms with Gasteiger partial charge in [0.05, 0.1) is 0 Å². The zero-order valence-electron chi connectivity index (χ0n) is 14.7. The molecule has 0 radical (unpaired) electrons. The summed E-state index contributed by atoms with van der Waals surface area (Å²) < 4.78 is 1.98. The second-order valence-electron chi connectivity index (χ2n) is 6.64. The van der Waals surface area contributed by atoms with Crippen LogP contribution in [-0.4, -0.2) is 33.6 Å². The van der Waals surface area contributed by atoms with Crippen LogP contribution in [0.15, 0.2) is 29.4 Å². The first kappa shape index (κ1) is 16.7. The molecule has 2 atom stereocenters. The van der Waals surface area contributed by atoms with Crippen molar-refractivity contribution in [2.75, 3.05) is 13.1 Å². The summed E-state index contributed by atoms with van der Waals surface area (Å²) in [6.45, 7) is 6.83. The molecule has 0 aromatic carbocycles. The third-order valence-corrected chi connectivity index (χ3v) is 4.93. The molecule has 130 valence electrons. The molecule has 0 amide bonds. The third-order valence-electron chi connectivity index (χ3n) is 4.93. The van der Waals surface area contributed by atoms with Crippen LogP contribution in [0.1, 0.15) is 45.4 Å². The average Bonchev–Trinajstić information content (AvgIpc) is 3.02. The Kier molecular flexibility index (Phi) is 5.67. The topological polar surface area (TPSA) is 66.6 Å². The highest BCUT2D eigenvalue weighted by Gasteiger charge is 2.21. The van der Waals surface area contributed by atoms with Crippen molar-refractivity contribution < 1.29 is 0 Å². The van der Waals surface area contributed by atoms with Crippen molar-refractivity contribution in [1.29, 1.82) is 0 Å². The Morgan fingerprint density at radius 1 is 1.25 bits per heavy atom. The fraction of sp³-hybridized carbons (Fsp3) is 0.611. The molecule has 0 saturated heterocycles. The summed E-state index contributed by atoms with van der Waals surface area (Å²) in [4.78, 5) is 4.69. The van der Waals surface area contributed by atoms with Crippen molar-refractivity contribution in [3.05, 3.63) is 30.2 Å². The van der Waals surface area contributed by atoms with E-state index in [4.69, 9.17) is 0 Å². The zero-order chi connectivity index (χ0) is 16.8. The van der Waals surface area contributed by atoms with E-state index in [1.54, 1.807) is 0 Å². The molecule has 1 aliphatic carbocycles. The molecule has 1 aliphatic rings. The van der Waals surface area contributed by atoms with Gasteiger partial charge in [0.2, 0.25) is 0 Å². The fourth-order valence-corrected chi connectivity index (χ4v) is 3.41. The first-order valence-corrected chi connectivity index (χ1v) is 9.08. The maximum Gasteiger partial charge on any atom is 0.191 e. The number of hydrogen-bond donors (Lipinski definition) is 2. The van der Waals surface area contributed by atoms with E-state index in [1.807, 2.05) is 28.8 Å². The summed E-state index contributed by atoms with van der Waals surface area (Å²) >= 11 is 0. The Bertz CT molecular complexity index is 677. The van der Waals surface area contributed by atoms with E-state index in [9.17, 15) is 0 Å². The van der Waals surface area contributed by atoms with Gasteiger partial charge in [0.1, 0.15) is 6.54 Å². The van der Waals surface area contributed by atoms with Gasteiger partial charge in [0.25, 0.3) is 0 Å². The number of nitrogens with one attached hydrogen (secondary N) is 2. The maximum atomic E-state index is 4.69. The Morgan fingerprint density at radius 2 is 2.12 bits per heavy atom. The van der Waals surface area contributed by atoms with Gasteiger partial charge in [-0.15, -0.1) is 10.2 Å². The van der Waals surface area contributed by atoms with Gasteiger partial charge < -0.3 is 10.6 Å². The van der Waals surface area contributed by atoms with Gasteiger partial charge in [-0.05, 0) is 37.3 Å². The Balaban J connectivity index is 1.62. The van der Waals surface area contributed by atoms with E-state index in [0.29, 0.717) is 6.54 Å². The first-order chi connectivity index (χ1) is 11.8. The average molecular weight is 328 g/mol. The first-order valence-electron chi connectivity index (χ1n) is 9.08. The van der Waals surface area contributed by atoms with Gasteiger partial charge >= 0.3 is 0 Å². The van der Waals surface area contributed by atoms with E-state index in [0.717, 1.165) is 42.4 Å². The Hall–Kier alpha value is -2.11. The number of nitrogens with zero attached hydrogens (tertiary/aromatic N) is 4. The molecule has 6 nitrogen and oxygen atoms in total. The third kappa shape index (κ3) is 4.04. The van der Waals surface area contributed by atoms with E-state index < -0.39 is 0 Å². The van der Waals surface area contributed by atoms with Crippen molar-refractivity contribution in [3.63, 3.8) is 0 Å². The minimum atomic E-state index is 0.515. The molecule has 2 aromatic heterocycles. The van der Waals surface area contributed by atoms with Gasteiger partial charge in [-0.3, -0.25) is 4.40 Å². The number of guanidine groups is 1. The van der Waals surface area contributed by atoms with Crippen LogP contribution in [0.25, 0.3) is 5.65 Å². The maximum absolute atomic E-state index is 4.69. The summed E-state index contributed by atoms with van der Waals surface area (Å²) in [6.07, 6.45) is 7.39. The fourth-order valence-electron chi connectivity index (χ4n) is 3.41. The van der Waals surface area contributed by atoms with Crippen molar-refractivity contribution in [3.8, 4) is 0 Å². The lowest BCUT2D eigenvalue weighted by molar-refractivity contribution is 0.256. The molecule has 2 aromatic rings. The minimum Gasteiger partial charge on any atom is -0.357 e. The van der Waals surface area contributed by atoms with Gasteiger partial charge in [-0.25, -0.2) is 4.99 Å². The smallest absolute Gasteiger partial charge is 0.191 e. The lowest BCUT2D eigenvalue weighted by Crippen LogP contribution is -2.41. The van der Waals surface area contributed by atoms with Crippen molar-refractivity contribution in [1.82, 2.24) is 25.2 Å². The molecule has 24 heavy (non-hydrogen) atoms. The normalized spacial score (nSPS) is 21.8. The number of fused-ring (bicyclic) bond motifs is 1. The number of rotatable bonds is 5. The lowest BCUT2D eigenvalue weighted by Gasteiger charge is -2.29. The molecule has 0 aliphatic heterocycles. The van der Waals surface area contributed by atoms with Crippen LogP contribution in [0.3, 0.4) is 0 Å². The number of pyridine rings is 1. The van der Waals surface area contributed by atoms with Crippen LogP contribution in [-0.2, 0) is 6.54 Å². The SMILES string of the molecule is CCNC(=NCc1nnc2ccccn12)NCC1CCCCC1C. The molecular weight excluding hydrogens is 300 g/mol. The van der Waals surface area contributed by atoms with Gasteiger partial charge in [0.15, 0.2) is 17.4 Å². The number of aliphatic imine (C=N–C) groups is 1. The van der Waals surface area contributed by atoms with Gasteiger partial charge in [-0.2, -0.15) is 0 Å². The van der Waals surface area contributed by atoms with Crippen LogP contribution in [0.5, 0.6) is 0 Å². The predicted octanol–water partition coefficient (Wildman–Crippen LogP) is 2.61. The van der Waals surface area contributed by atoms with Crippen LogP contribution in [0.4, 0.5) is 0 Å². The summed E-state index contributed by atoms with van der Waals surface area (Å²) in [7, 11) is 0. The van der Waals surface area contributed by atoms with Crippen molar-refractivity contribution in [2.45, 2.75) is 46.1 Å². The molecular formula is C18H28N6. The Labute approximate surface area is 143 Å². The molecule has 2 N–H and O–H groups in total. The molecule has 0 bridgehead atoms. The zero-order valence-corrected chi connectivity index (χ0v) is 14.7. The highest BCUT2D eigenvalue weighted by molar-refractivity contribution is 5.79. The standard InChI is InChI=1S/C18H28N6/c1-3-19-18(20-12-15-9-5-4-8-14(15)2)21-13-17-23-22-16-10-6-7-11-24(16)17/h6-7,10-11,14-15H,3-5,8-9,12-13H2,1-2H3,(H2,19,20,21). The highest BCUT2D eigenvalue weighted by atomic mass is 15.3. The quantitative estimate of drug-likeness (QED) is 0.654. The molecule has 2 unspecified atom stereocenters. The van der Waals surface area contributed by atoms with Crippen LogP contribution in [0, 0.1) is 11.8 Å². The predicted molar refractivity (Wildman–Crippen MR) is 96.9 cm³/mol. The Morgan fingerprint density at radius 3 is 2.96 bits per heavy atom. The van der Waals surface area contributed by atoms with E-state index in [1.165, 1.54) is 25.7 Å². The van der Waals surface area contributed by atoms with Crippen molar-refractivity contribution in [2.24, 2.45) is 16.8 Å². The highest BCUT2D eigenvalue weighted by Crippen LogP contribution is 2.28. The molecule has 2 heterocycles. The number of aromatic nitrogens is 3. The van der Waals surface area contributed by atoms with E-state index in [-0.39, 0.29) is 0 Å². The summed E-state index contributed by atoms with van der Waals surface area (Å²) in [5.41, 5.74) is 0.858. The second-order valence-corrected chi connectivity index (χ2v) is 6.64. The summed E-state index contributed by atoms with van der Waals surface area (Å²) in [5.74, 6) is 3.27. The van der Waals surface area contributed by atoms with Crippen LogP contribution < -0.4 is 10.6 Å². The molecule has 6 heteroatoms. The van der Waals surface area contributed by atoms with Crippen LogP contribution >= 0.6 is 0 Å². The molecule has 3 rings (SSSR count). The lowest BCUT2D eigenvalue weighted by atomic mass is 9.80. The summed E-state index contributed by atoms with van der Waals surface area (Å²) in [5, 5.41) is 15.3. The number of hydrogen-bond acceptors (Lipinski definition) is 3.